The van der Waals surface area contributed by atoms with Gasteiger partial charge in [-0.25, -0.2) is 9.98 Å². The van der Waals surface area contributed by atoms with Crippen molar-refractivity contribution in [2.45, 2.75) is 6.92 Å². The normalized spacial score (nSPS) is 11.4. The average Bonchev–Trinajstić information content (AvgIpc) is 2.78. The standard InChI is InChI=1S/C24H21N3O5/c1-14-5-4-6-22(25-14)27-23(29)20-9-15-7-8-17(28)12-21(15)32-24(20)26-16-10-18(30-2)13-19(11-16)31-3/h4-13,28H,1-3H3,(H,25,27,29). The van der Waals surface area contributed by atoms with Gasteiger partial charge in [-0.05, 0) is 37.3 Å². The number of fused-ring (bicyclic) bond motifs is 1. The SMILES string of the molecule is COc1cc(N=c2oc3cc(O)ccc3cc2C(=O)Nc2cccc(C)n2)cc(OC)c1. The Balaban J connectivity index is 1.88. The summed E-state index contributed by atoms with van der Waals surface area (Å²) in [5, 5.41) is 13.2. The maximum absolute atomic E-state index is 13.1. The van der Waals surface area contributed by atoms with Crippen molar-refractivity contribution < 1.29 is 23.8 Å². The molecule has 0 atom stereocenters. The third-order valence-electron chi connectivity index (χ3n) is 4.68. The number of carbonyl (C=O) groups is 1. The molecule has 0 spiro atoms. The topological polar surface area (TPSA) is 106 Å². The fraction of sp³-hybridized carbons (Fsp3) is 0.125. The van der Waals surface area contributed by atoms with Gasteiger partial charge in [0.1, 0.15) is 34.2 Å². The highest BCUT2D eigenvalue weighted by Gasteiger charge is 2.15. The molecule has 0 unspecified atom stereocenters. The zero-order valence-electron chi connectivity index (χ0n) is 17.7. The molecule has 0 saturated carbocycles. The van der Waals surface area contributed by atoms with Gasteiger partial charge in [-0.15, -0.1) is 0 Å². The number of phenols is 1. The largest absolute Gasteiger partial charge is 0.508 e. The van der Waals surface area contributed by atoms with E-state index in [0.717, 1.165) is 5.69 Å². The molecule has 2 N–H and O–H groups in total. The molecule has 0 saturated heterocycles. The van der Waals surface area contributed by atoms with Crippen LogP contribution in [0, 0.1) is 6.92 Å². The second kappa shape index (κ2) is 8.81. The minimum Gasteiger partial charge on any atom is -0.508 e. The number of nitrogens with one attached hydrogen (secondary N) is 1. The fourth-order valence-electron chi connectivity index (χ4n) is 3.12. The summed E-state index contributed by atoms with van der Waals surface area (Å²) in [6.07, 6.45) is 0. The molecule has 1 amide bonds. The number of aromatic nitrogens is 1. The number of aryl methyl sites for hydroxylation is 1. The van der Waals surface area contributed by atoms with Crippen molar-refractivity contribution in [2.75, 3.05) is 19.5 Å². The zero-order valence-corrected chi connectivity index (χ0v) is 17.7. The van der Waals surface area contributed by atoms with Crippen LogP contribution in [-0.2, 0) is 0 Å². The molecular formula is C24H21N3O5. The Morgan fingerprint density at radius 2 is 1.78 bits per heavy atom. The molecule has 0 aliphatic heterocycles. The number of amides is 1. The van der Waals surface area contributed by atoms with E-state index in [0.29, 0.717) is 34.0 Å². The van der Waals surface area contributed by atoms with Gasteiger partial charge in [0.25, 0.3) is 5.91 Å². The van der Waals surface area contributed by atoms with Crippen molar-refractivity contribution in [2.24, 2.45) is 4.99 Å². The molecule has 32 heavy (non-hydrogen) atoms. The molecule has 2 aromatic heterocycles. The molecule has 0 aliphatic carbocycles. The number of nitrogens with zero attached hydrogens (tertiary/aromatic N) is 2. The van der Waals surface area contributed by atoms with Crippen LogP contribution < -0.4 is 20.3 Å². The van der Waals surface area contributed by atoms with E-state index in [9.17, 15) is 9.90 Å². The van der Waals surface area contributed by atoms with E-state index in [2.05, 4.69) is 15.3 Å². The second-order valence-electron chi connectivity index (χ2n) is 6.99. The van der Waals surface area contributed by atoms with Crippen LogP contribution in [0.15, 0.2) is 70.1 Å². The van der Waals surface area contributed by atoms with Crippen LogP contribution in [0.5, 0.6) is 17.2 Å². The lowest BCUT2D eigenvalue weighted by molar-refractivity contribution is 0.102. The molecule has 8 nitrogen and oxygen atoms in total. The van der Waals surface area contributed by atoms with Crippen LogP contribution in [0.1, 0.15) is 16.1 Å². The predicted molar refractivity (Wildman–Crippen MR) is 120 cm³/mol. The summed E-state index contributed by atoms with van der Waals surface area (Å²) >= 11 is 0. The van der Waals surface area contributed by atoms with Gasteiger partial charge in [-0.3, -0.25) is 4.79 Å². The first-order valence-corrected chi connectivity index (χ1v) is 9.75. The van der Waals surface area contributed by atoms with Crippen molar-refractivity contribution in [3.8, 4) is 17.2 Å². The number of pyridine rings is 1. The molecule has 162 valence electrons. The van der Waals surface area contributed by atoms with Gasteiger partial charge in [0.15, 0.2) is 0 Å². The number of benzene rings is 2. The smallest absolute Gasteiger partial charge is 0.262 e. The molecule has 0 radical (unpaired) electrons. The number of methoxy groups -OCH3 is 2. The van der Waals surface area contributed by atoms with Crippen molar-refractivity contribution >= 4 is 28.4 Å². The highest BCUT2D eigenvalue weighted by Crippen LogP contribution is 2.28. The molecule has 2 heterocycles. The third-order valence-corrected chi connectivity index (χ3v) is 4.68. The van der Waals surface area contributed by atoms with Crippen LogP contribution in [0.2, 0.25) is 0 Å². The lowest BCUT2D eigenvalue weighted by atomic mass is 10.1. The van der Waals surface area contributed by atoms with Gasteiger partial charge >= 0.3 is 0 Å². The van der Waals surface area contributed by atoms with Crippen LogP contribution >= 0.6 is 0 Å². The Morgan fingerprint density at radius 1 is 1.03 bits per heavy atom. The molecule has 0 bridgehead atoms. The summed E-state index contributed by atoms with van der Waals surface area (Å²) in [6, 6.07) is 16.7. The van der Waals surface area contributed by atoms with Gasteiger partial charge in [-0.2, -0.15) is 0 Å². The van der Waals surface area contributed by atoms with Gasteiger partial charge in [0.05, 0.1) is 19.9 Å². The maximum Gasteiger partial charge on any atom is 0.262 e. The number of carbonyl (C=O) groups excluding carboxylic acids is 1. The average molecular weight is 431 g/mol. The van der Waals surface area contributed by atoms with Crippen molar-refractivity contribution in [1.82, 2.24) is 4.98 Å². The van der Waals surface area contributed by atoms with E-state index < -0.39 is 5.91 Å². The maximum atomic E-state index is 13.1. The van der Waals surface area contributed by atoms with Crippen molar-refractivity contribution in [3.63, 3.8) is 0 Å². The minimum absolute atomic E-state index is 0.0383. The summed E-state index contributed by atoms with van der Waals surface area (Å²) in [5.41, 5.74) is 1.88. The molecular weight excluding hydrogens is 410 g/mol. The molecule has 4 aromatic rings. The Hall–Kier alpha value is -4.33. The summed E-state index contributed by atoms with van der Waals surface area (Å²) in [7, 11) is 3.07. The summed E-state index contributed by atoms with van der Waals surface area (Å²) in [5.74, 6) is 1.09. The van der Waals surface area contributed by atoms with Crippen LogP contribution in [0.4, 0.5) is 11.5 Å². The monoisotopic (exact) mass is 431 g/mol. The summed E-state index contributed by atoms with van der Waals surface area (Å²) in [4.78, 5) is 22.0. The Morgan fingerprint density at radius 3 is 2.47 bits per heavy atom. The first-order valence-electron chi connectivity index (χ1n) is 9.75. The molecule has 0 aliphatic rings. The quantitative estimate of drug-likeness (QED) is 0.487. The Labute approximate surface area is 183 Å². The third kappa shape index (κ3) is 4.54. The summed E-state index contributed by atoms with van der Waals surface area (Å²) < 4.78 is 16.5. The lowest BCUT2D eigenvalue weighted by Crippen LogP contribution is -2.22. The van der Waals surface area contributed by atoms with Crippen LogP contribution in [0.25, 0.3) is 11.0 Å². The highest BCUT2D eigenvalue weighted by atomic mass is 16.5. The molecule has 0 fully saturated rings. The van der Waals surface area contributed by atoms with E-state index in [1.807, 2.05) is 13.0 Å². The second-order valence-corrected chi connectivity index (χ2v) is 6.99. The lowest BCUT2D eigenvalue weighted by Gasteiger charge is -2.08. The highest BCUT2D eigenvalue weighted by molar-refractivity contribution is 6.05. The molecule has 4 rings (SSSR count). The summed E-state index contributed by atoms with van der Waals surface area (Å²) in [6.45, 7) is 1.84. The van der Waals surface area contributed by atoms with E-state index in [1.165, 1.54) is 26.4 Å². The van der Waals surface area contributed by atoms with E-state index in [-0.39, 0.29) is 16.9 Å². The van der Waals surface area contributed by atoms with E-state index in [1.54, 1.807) is 42.5 Å². The van der Waals surface area contributed by atoms with Gasteiger partial charge < -0.3 is 24.3 Å². The van der Waals surface area contributed by atoms with Gasteiger partial charge in [0, 0.05) is 35.3 Å². The van der Waals surface area contributed by atoms with Crippen molar-refractivity contribution in [1.29, 1.82) is 0 Å². The number of hydrogen-bond donors (Lipinski definition) is 2. The number of aromatic hydroxyl groups is 1. The van der Waals surface area contributed by atoms with E-state index >= 15 is 0 Å². The fourth-order valence-corrected chi connectivity index (χ4v) is 3.12. The number of anilines is 1. The minimum atomic E-state index is -0.435. The predicted octanol–water partition coefficient (Wildman–Crippen LogP) is 4.34. The first-order chi connectivity index (χ1) is 15.4. The van der Waals surface area contributed by atoms with Gasteiger partial charge in [0.2, 0.25) is 5.55 Å². The molecule has 2 aromatic carbocycles. The van der Waals surface area contributed by atoms with Crippen LogP contribution in [-0.4, -0.2) is 30.2 Å². The number of rotatable bonds is 5. The molecule has 8 heteroatoms. The number of ether oxygens (including phenoxy) is 2. The Bertz CT molecular complexity index is 1360. The van der Waals surface area contributed by atoms with E-state index in [4.69, 9.17) is 13.9 Å². The first kappa shape index (κ1) is 20.9. The van der Waals surface area contributed by atoms with Crippen LogP contribution in [0.3, 0.4) is 0 Å². The zero-order chi connectivity index (χ0) is 22.7. The van der Waals surface area contributed by atoms with Gasteiger partial charge in [-0.1, -0.05) is 6.07 Å². The van der Waals surface area contributed by atoms with Crippen molar-refractivity contribution in [3.05, 3.63) is 77.5 Å². The Kier molecular flexibility index (Phi) is 5.76. The number of phenolic OH excluding ortho intramolecular Hbond substituents is 1. The number of hydrogen-bond acceptors (Lipinski definition) is 7.